The van der Waals surface area contributed by atoms with Crippen LogP contribution in [0.25, 0.3) is 0 Å². The van der Waals surface area contributed by atoms with E-state index in [1.54, 1.807) is 23.9 Å². The number of likely N-dealkylation sites (N-methyl/N-ethyl adjacent to an activating group) is 1. The molecule has 108 valence electrons. The highest BCUT2D eigenvalue weighted by Gasteiger charge is 2.34. The molecule has 1 fully saturated rings. The molecule has 1 saturated heterocycles. The van der Waals surface area contributed by atoms with E-state index in [4.69, 9.17) is 0 Å². The van der Waals surface area contributed by atoms with Crippen LogP contribution in [0.15, 0.2) is 24.3 Å². The fourth-order valence-corrected chi connectivity index (χ4v) is 2.40. The Morgan fingerprint density at radius 1 is 1.25 bits per heavy atom. The van der Waals surface area contributed by atoms with Crippen LogP contribution < -0.4 is 5.32 Å². The van der Waals surface area contributed by atoms with Gasteiger partial charge < -0.3 is 15.1 Å². The number of hydrogen-bond acceptors (Lipinski definition) is 2. The standard InChI is InChI=1S/C15H21N3O2/c1-11-6-8-12(9-7-11)16-15(20)18-10-4-5-13(18)14(19)17(2)3/h6-9,13H,4-5,10H2,1-3H3,(H,16,20)/t13-/m0/s1. The van der Waals surface area contributed by atoms with Gasteiger partial charge in [-0.1, -0.05) is 17.7 Å². The number of hydrogen-bond donors (Lipinski definition) is 1. The lowest BCUT2D eigenvalue weighted by molar-refractivity contribution is -0.132. The summed E-state index contributed by atoms with van der Waals surface area (Å²) in [6.07, 6.45) is 1.60. The summed E-state index contributed by atoms with van der Waals surface area (Å²) in [7, 11) is 3.44. The third-order valence-corrected chi connectivity index (χ3v) is 3.54. The highest BCUT2D eigenvalue weighted by atomic mass is 16.2. The Balaban J connectivity index is 2.04. The Morgan fingerprint density at radius 3 is 2.50 bits per heavy atom. The molecule has 0 radical (unpaired) electrons. The predicted molar refractivity (Wildman–Crippen MR) is 78.6 cm³/mol. The zero-order chi connectivity index (χ0) is 14.7. The summed E-state index contributed by atoms with van der Waals surface area (Å²) in [6.45, 7) is 2.62. The van der Waals surface area contributed by atoms with Gasteiger partial charge >= 0.3 is 6.03 Å². The Hall–Kier alpha value is -2.04. The van der Waals surface area contributed by atoms with Gasteiger partial charge in [0.05, 0.1) is 0 Å². The fourth-order valence-electron chi connectivity index (χ4n) is 2.40. The number of carbonyl (C=O) groups is 2. The zero-order valence-corrected chi connectivity index (χ0v) is 12.2. The van der Waals surface area contributed by atoms with Crippen molar-refractivity contribution in [3.8, 4) is 0 Å². The van der Waals surface area contributed by atoms with E-state index < -0.39 is 0 Å². The second-order valence-corrected chi connectivity index (χ2v) is 5.38. The molecule has 0 spiro atoms. The van der Waals surface area contributed by atoms with Gasteiger partial charge in [0.2, 0.25) is 5.91 Å². The van der Waals surface area contributed by atoms with E-state index in [2.05, 4.69) is 5.32 Å². The van der Waals surface area contributed by atoms with Crippen LogP contribution in [0, 0.1) is 6.92 Å². The summed E-state index contributed by atoms with van der Waals surface area (Å²) in [4.78, 5) is 27.5. The van der Waals surface area contributed by atoms with Crippen molar-refractivity contribution in [1.29, 1.82) is 0 Å². The number of benzene rings is 1. The fraction of sp³-hybridized carbons (Fsp3) is 0.467. The molecule has 1 heterocycles. The molecule has 1 atom stereocenters. The van der Waals surface area contributed by atoms with Gasteiger partial charge in [0.15, 0.2) is 0 Å². The molecule has 1 aliphatic heterocycles. The van der Waals surface area contributed by atoms with Gasteiger partial charge in [0.25, 0.3) is 0 Å². The predicted octanol–water partition coefficient (Wildman–Crippen LogP) is 2.08. The first-order valence-corrected chi connectivity index (χ1v) is 6.84. The molecular formula is C15H21N3O2. The molecule has 0 saturated carbocycles. The molecule has 5 heteroatoms. The summed E-state index contributed by atoms with van der Waals surface area (Å²) >= 11 is 0. The number of nitrogens with one attached hydrogen (secondary N) is 1. The molecule has 20 heavy (non-hydrogen) atoms. The first-order chi connectivity index (χ1) is 9.49. The van der Waals surface area contributed by atoms with Crippen LogP contribution in [0.2, 0.25) is 0 Å². The molecule has 3 amide bonds. The monoisotopic (exact) mass is 275 g/mol. The lowest BCUT2D eigenvalue weighted by atomic mass is 10.2. The maximum absolute atomic E-state index is 12.3. The van der Waals surface area contributed by atoms with Crippen molar-refractivity contribution >= 4 is 17.6 Å². The quantitative estimate of drug-likeness (QED) is 0.898. The van der Waals surface area contributed by atoms with E-state index in [9.17, 15) is 9.59 Å². The molecule has 5 nitrogen and oxygen atoms in total. The van der Waals surface area contributed by atoms with Gasteiger partial charge in [0, 0.05) is 26.3 Å². The van der Waals surface area contributed by atoms with Gasteiger partial charge in [0.1, 0.15) is 6.04 Å². The van der Waals surface area contributed by atoms with E-state index in [0.717, 1.165) is 24.1 Å². The van der Waals surface area contributed by atoms with Crippen LogP contribution in [0.5, 0.6) is 0 Å². The highest BCUT2D eigenvalue weighted by molar-refractivity contribution is 5.94. The van der Waals surface area contributed by atoms with Gasteiger partial charge in [-0.05, 0) is 31.9 Å². The minimum atomic E-state index is -0.338. The molecule has 0 bridgehead atoms. The average molecular weight is 275 g/mol. The third kappa shape index (κ3) is 3.10. The van der Waals surface area contributed by atoms with Gasteiger partial charge in [-0.3, -0.25) is 4.79 Å². The maximum atomic E-state index is 12.3. The number of aryl methyl sites for hydroxylation is 1. The Bertz CT molecular complexity index is 496. The SMILES string of the molecule is Cc1ccc(NC(=O)N2CCC[C@H]2C(=O)N(C)C)cc1. The summed E-state index contributed by atoms with van der Waals surface area (Å²) in [5, 5.41) is 2.85. The molecule has 1 aromatic carbocycles. The topological polar surface area (TPSA) is 52.7 Å². The zero-order valence-electron chi connectivity index (χ0n) is 12.2. The van der Waals surface area contributed by atoms with Crippen molar-refractivity contribution in [1.82, 2.24) is 9.80 Å². The molecule has 0 aliphatic carbocycles. The Labute approximate surface area is 119 Å². The van der Waals surface area contributed by atoms with Crippen LogP contribution in [0.3, 0.4) is 0 Å². The average Bonchev–Trinajstić information content (AvgIpc) is 2.89. The molecule has 2 rings (SSSR count). The summed E-state index contributed by atoms with van der Waals surface area (Å²) in [5.41, 5.74) is 1.90. The minimum Gasteiger partial charge on any atom is -0.347 e. The van der Waals surface area contributed by atoms with Crippen LogP contribution in [0.4, 0.5) is 10.5 Å². The van der Waals surface area contributed by atoms with E-state index in [1.165, 1.54) is 0 Å². The minimum absolute atomic E-state index is 0.0124. The van der Waals surface area contributed by atoms with Gasteiger partial charge in [-0.15, -0.1) is 0 Å². The van der Waals surface area contributed by atoms with Crippen molar-refractivity contribution in [2.24, 2.45) is 0 Å². The van der Waals surface area contributed by atoms with Crippen molar-refractivity contribution < 1.29 is 9.59 Å². The lowest BCUT2D eigenvalue weighted by Gasteiger charge is -2.26. The Kier molecular flexibility index (Phi) is 4.27. The first-order valence-electron chi connectivity index (χ1n) is 6.84. The Morgan fingerprint density at radius 2 is 1.90 bits per heavy atom. The van der Waals surface area contributed by atoms with Gasteiger partial charge in [-0.2, -0.15) is 0 Å². The number of anilines is 1. The number of nitrogens with zero attached hydrogens (tertiary/aromatic N) is 2. The number of likely N-dealkylation sites (tertiary alicyclic amines) is 1. The molecule has 0 unspecified atom stereocenters. The molecule has 0 aromatic heterocycles. The van der Waals surface area contributed by atoms with Crippen LogP contribution in [0.1, 0.15) is 18.4 Å². The normalized spacial score (nSPS) is 17.9. The molecule has 1 N–H and O–H groups in total. The van der Waals surface area contributed by atoms with Crippen LogP contribution in [-0.2, 0) is 4.79 Å². The van der Waals surface area contributed by atoms with E-state index >= 15 is 0 Å². The number of carbonyl (C=O) groups excluding carboxylic acids is 2. The third-order valence-electron chi connectivity index (χ3n) is 3.54. The van der Waals surface area contributed by atoms with E-state index in [0.29, 0.717) is 6.54 Å². The maximum Gasteiger partial charge on any atom is 0.322 e. The second kappa shape index (κ2) is 5.94. The number of urea groups is 1. The summed E-state index contributed by atoms with van der Waals surface area (Å²) in [5.74, 6) is -0.0124. The largest absolute Gasteiger partial charge is 0.347 e. The van der Waals surface area contributed by atoms with Crippen molar-refractivity contribution in [2.75, 3.05) is 26.0 Å². The van der Waals surface area contributed by atoms with Crippen molar-refractivity contribution in [3.05, 3.63) is 29.8 Å². The molecule has 1 aliphatic rings. The van der Waals surface area contributed by atoms with Gasteiger partial charge in [-0.25, -0.2) is 4.79 Å². The molecular weight excluding hydrogens is 254 g/mol. The van der Waals surface area contributed by atoms with Crippen LogP contribution >= 0.6 is 0 Å². The number of rotatable bonds is 2. The number of amides is 3. The highest BCUT2D eigenvalue weighted by Crippen LogP contribution is 2.20. The van der Waals surface area contributed by atoms with Crippen molar-refractivity contribution in [3.63, 3.8) is 0 Å². The van der Waals surface area contributed by atoms with E-state index in [-0.39, 0.29) is 18.0 Å². The van der Waals surface area contributed by atoms with Crippen LogP contribution in [-0.4, -0.2) is 48.4 Å². The van der Waals surface area contributed by atoms with E-state index in [1.807, 2.05) is 31.2 Å². The first kappa shape index (κ1) is 14.4. The summed E-state index contributed by atoms with van der Waals surface area (Å²) in [6, 6.07) is 7.09. The summed E-state index contributed by atoms with van der Waals surface area (Å²) < 4.78 is 0. The molecule has 1 aromatic rings. The second-order valence-electron chi connectivity index (χ2n) is 5.38. The lowest BCUT2D eigenvalue weighted by Crippen LogP contribution is -2.47. The smallest absolute Gasteiger partial charge is 0.322 e. The van der Waals surface area contributed by atoms with Crippen molar-refractivity contribution in [2.45, 2.75) is 25.8 Å².